The molecule has 11 heavy (non-hydrogen) atoms. The van der Waals surface area contributed by atoms with Gasteiger partial charge in [-0.2, -0.15) is 13.1 Å². The first kappa shape index (κ1) is 10.7. The summed E-state index contributed by atoms with van der Waals surface area (Å²) < 4.78 is 25.2. The highest BCUT2D eigenvalue weighted by atomic mass is 35.5. The molecule has 0 bridgehead atoms. The van der Waals surface area contributed by atoms with Crippen molar-refractivity contribution in [3.63, 3.8) is 0 Å². The van der Waals surface area contributed by atoms with E-state index in [2.05, 4.69) is 4.72 Å². The van der Waals surface area contributed by atoms with E-state index in [4.69, 9.17) is 11.6 Å². The van der Waals surface area contributed by atoms with Gasteiger partial charge in [0.15, 0.2) is 0 Å². The zero-order valence-electron chi connectivity index (χ0n) is 5.93. The van der Waals surface area contributed by atoms with Crippen molar-refractivity contribution in [2.45, 2.75) is 6.92 Å². The van der Waals surface area contributed by atoms with Crippen molar-refractivity contribution in [2.75, 3.05) is 12.4 Å². The predicted octanol–water partition coefficient (Wildman–Crippen LogP) is -0.804. The quantitative estimate of drug-likeness (QED) is 0.584. The molecule has 0 aromatic rings. The van der Waals surface area contributed by atoms with E-state index in [-0.39, 0.29) is 12.4 Å². The third kappa shape index (κ3) is 5.00. The van der Waals surface area contributed by atoms with Gasteiger partial charge in [-0.05, 0) is 0 Å². The molecule has 0 aromatic carbocycles. The van der Waals surface area contributed by atoms with Crippen LogP contribution in [-0.4, -0.2) is 26.7 Å². The van der Waals surface area contributed by atoms with Crippen molar-refractivity contribution in [1.29, 1.82) is 0 Å². The zero-order valence-corrected chi connectivity index (χ0v) is 7.50. The van der Waals surface area contributed by atoms with E-state index >= 15 is 0 Å². The highest BCUT2D eigenvalue weighted by molar-refractivity contribution is 7.88. The summed E-state index contributed by atoms with van der Waals surface area (Å²) in [5, 5.41) is 0. The Bertz CT molecular complexity index is 225. The number of hydrogen-bond acceptors (Lipinski definition) is 3. The van der Waals surface area contributed by atoms with Gasteiger partial charge < -0.3 is 0 Å². The Labute approximate surface area is 70.3 Å². The normalized spacial score (nSPS) is 11.1. The van der Waals surface area contributed by atoms with Gasteiger partial charge in [-0.25, -0.2) is 4.72 Å². The lowest BCUT2D eigenvalue weighted by Gasteiger charge is -2.03. The van der Waals surface area contributed by atoms with Crippen LogP contribution in [0.5, 0.6) is 0 Å². The van der Waals surface area contributed by atoms with Gasteiger partial charge in [0.05, 0.1) is 0 Å². The van der Waals surface area contributed by atoms with Crippen LogP contribution in [0.25, 0.3) is 0 Å². The minimum atomic E-state index is -3.68. The third-order valence-corrected chi connectivity index (χ3v) is 2.11. The standard InChI is InChI=1S/C4H9ClN2O3S/c1-2-6-11(9,10)7-4(8)3-5/h6H,2-3H2,1H3,(H,7,8). The van der Waals surface area contributed by atoms with Crippen molar-refractivity contribution in [3.8, 4) is 0 Å². The van der Waals surface area contributed by atoms with Crippen molar-refractivity contribution >= 4 is 27.7 Å². The summed E-state index contributed by atoms with van der Waals surface area (Å²) in [7, 11) is -3.68. The predicted molar refractivity (Wildman–Crippen MR) is 41.5 cm³/mol. The fourth-order valence-corrected chi connectivity index (χ4v) is 1.37. The fourth-order valence-electron chi connectivity index (χ4n) is 0.403. The molecule has 1 amide bonds. The smallest absolute Gasteiger partial charge is 0.273 e. The highest BCUT2D eigenvalue weighted by Gasteiger charge is 2.10. The Hall–Kier alpha value is -0.330. The molecule has 0 aromatic heterocycles. The maximum atomic E-state index is 10.7. The van der Waals surface area contributed by atoms with Crippen molar-refractivity contribution in [2.24, 2.45) is 0 Å². The molecule has 0 saturated heterocycles. The topological polar surface area (TPSA) is 75.3 Å². The molecule has 0 saturated carbocycles. The minimum absolute atomic E-state index is 0.227. The van der Waals surface area contributed by atoms with E-state index in [9.17, 15) is 13.2 Å². The maximum Gasteiger partial charge on any atom is 0.301 e. The summed E-state index contributed by atoms with van der Waals surface area (Å²) >= 11 is 5.05. The molecule has 2 N–H and O–H groups in total. The Kier molecular flexibility index (Phi) is 4.39. The monoisotopic (exact) mass is 200 g/mol. The fraction of sp³-hybridized carbons (Fsp3) is 0.750. The number of amides is 1. The number of hydrogen-bond donors (Lipinski definition) is 2. The number of alkyl halides is 1. The van der Waals surface area contributed by atoms with Crippen LogP contribution in [0, 0.1) is 0 Å². The molecule has 0 heterocycles. The average Bonchev–Trinajstić information content (AvgIpc) is 1.86. The molecular weight excluding hydrogens is 192 g/mol. The first-order valence-electron chi connectivity index (χ1n) is 2.88. The van der Waals surface area contributed by atoms with Gasteiger partial charge in [-0.1, -0.05) is 6.92 Å². The number of carbonyl (C=O) groups excluding carboxylic acids is 1. The molecule has 0 aliphatic carbocycles. The molecule has 0 fully saturated rings. The summed E-state index contributed by atoms with van der Waals surface area (Å²) in [6.45, 7) is 1.83. The molecule has 66 valence electrons. The van der Waals surface area contributed by atoms with Crippen molar-refractivity contribution < 1.29 is 13.2 Å². The van der Waals surface area contributed by atoms with Crippen LogP contribution in [-0.2, 0) is 15.0 Å². The number of halogens is 1. The van der Waals surface area contributed by atoms with E-state index in [1.54, 1.807) is 11.6 Å². The van der Waals surface area contributed by atoms with Gasteiger partial charge in [0.25, 0.3) is 0 Å². The van der Waals surface area contributed by atoms with Crippen LogP contribution in [0.2, 0.25) is 0 Å². The van der Waals surface area contributed by atoms with E-state index in [0.717, 1.165) is 0 Å². The van der Waals surface area contributed by atoms with Gasteiger partial charge >= 0.3 is 10.2 Å². The summed E-state index contributed by atoms with van der Waals surface area (Å²) in [5.74, 6) is -1.11. The molecule has 0 unspecified atom stereocenters. The molecular formula is C4H9ClN2O3S. The Balaban J connectivity index is 4.03. The summed E-state index contributed by atoms with van der Waals surface area (Å²) in [6.07, 6.45) is 0. The first-order valence-corrected chi connectivity index (χ1v) is 4.89. The van der Waals surface area contributed by atoms with Gasteiger partial charge in [-0.15, -0.1) is 11.6 Å². The van der Waals surface area contributed by atoms with E-state index in [1.165, 1.54) is 0 Å². The summed E-state index contributed by atoms with van der Waals surface area (Å²) in [4.78, 5) is 10.4. The number of carbonyl (C=O) groups is 1. The Morgan fingerprint density at radius 1 is 1.55 bits per heavy atom. The van der Waals surface area contributed by atoms with E-state index in [1.807, 2.05) is 0 Å². The second-order valence-electron chi connectivity index (χ2n) is 1.66. The molecule has 0 aliphatic heterocycles. The molecule has 0 aliphatic rings. The number of rotatable bonds is 4. The van der Waals surface area contributed by atoms with Crippen molar-refractivity contribution in [1.82, 2.24) is 9.44 Å². The lowest BCUT2D eigenvalue weighted by molar-refractivity contribution is -0.116. The lowest BCUT2D eigenvalue weighted by atomic mass is 10.8. The molecule has 0 spiro atoms. The lowest BCUT2D eigenvalue weighted by Crippen LogP contribution is -2.40. The summed E-state index contributed by atoms with van der Waals surface area (Å²) in [6, 6.07) is 0. The van der Waals surface area contributed by atoms with Gasteiger partial charge in [0.1, 0.15) is 5.88 Å². The van der Waals surface area contributed by atoms with Crippen LogP contribution in [0.1, 0.15) is 6.92 Å². The highest BCUT2D eigenvalue weighted by Crippen LogP contribution is 1.79. The van der Waals surface area contributed by atoms with Crippen LogP contribution < -0.4 is 9.44 Å². The van der Waals surface area contributed by atoms with Crippen LogP contribution >= 0.6 is 11.6 Å². The second kappa shape index (κ2) is 4.53. The van der Waals surface area contributed by atoms with E-state index in [0.29, 0.717) is 0 Å². The minimum Gasteiger partial charge on any atom is -0.273 e. The second-order valence-corrected chi connectivity index (χ2v) is 3.43. The first-order chi connectivity index (χ1) is 5.02. The van der Waals surface area contributed by atoms with Crippen molar-refractivity contribution in [3.05, 3.63) is 0 Å². The molecule has 5 nitrogen and oxygen atoms in total. The number of nitrogens with one attached hydrogen (secondary N) is 2. The molecule has 0 rings (SSSR count). The van der Waals surface area contributed by atoms with Gasteiger partial charge in [-0.3, -0.25) is 4.79 Å². The van der Waals surface area contributed by atoms with Gasteiger partial charge in [0, 0.05) is 6.54 Å². The Morgan fingerprint density at radius 3 is 2.45 bits per heavy atom. The van der Waals surface area contributed by atoms with Crippen LogP contribution in [0.15, 0.2) is 0 Å². The van der Waals surface area contributed by atoms with E-state index < -0.39 is 16.1 Å². The molecule has 0 radical (unpaired) electrons. The Morgan fingerprint density at radius 2 is 2.09 bits per heavy atom. The van der Waals surface area contributed by atoms with Crippen LogP contribution in [0.3, 0.4) is 0 Å². The van der Waals surface area contributed by atoms with Crippen LogP contribution in [0.4, 0.5) is 0 Å². The average molecular weight is 201 g/mol. The third-order valence-electron chi connectivity index (χ3n) is 0.704. The zero-order chi connectivity index (χ0) is 8.91. The molecule has 7 heteroatoms. The summed E-state index contributed by atoms with van der Waals surface area (Å²) in [5.41, 5.74) is 0. The SMILES string of the molecule is CCNS(=O)(=O)NC(=O)CCl. The maximum absolute atomic E-state index is 10.7. The van der Waals surface area contributed by atoms with Gasteiger partial charge in [0.2, 0.25) is 5.91 Å². The largest absolute Gasteiger partial charge is 0.301 e. The molecule has 0 atom stereocenters.